The third kappa shape index (κ3) is 3.71. The molecule has 1 atom stereocenters. The highest BCUT2D eigenvalue weighted by Crippen LogP contribution is 2.10. The minimum atomic E-state index is -3.81. The van der Waals surface area contributed by atoms with E-state index in [4.69, 9.17) is 0 Å². The Kier molecular flexibility index (Phi) is 4.29. The fourth-order valence-electron chi connectivity index (χ4n) is 2.17. The standard InChI is InChI=1S/C13H19N3O3S/c1-10-3-5-12(6-4-10)20(18,19)15-13(17)14-11-7-8-16(2)9-11/h3-6,11H,7-9H2,1-2H3,(H2,14,15,17). The molecule has 0 saturated carbocycles. The topological polar surface area (TPSA) is 78.5 Å². The van der Waals surface area contributed by atoms with Crippen LogP contribution in [0.4, 0.5) is 4.79 Å². The Morgan fingerprint density at radius 2 is 1.95 bits per heavy atom. The molecule has 0 bridgehead atoms. The molecular formula is C13H19N3O3S. The highest BCUT2D eigenvalue weighted by molar-refractivity contribution is 7.90. The zero-order valence-corrected chi connectivity index (χ0v) is 12.4. The lowest BCUT2D eigenvalue weighted by Gasteiger charge is -2.14. The Balaban J connectivity index is 1.97. The molecule has 1 aromatic carbocycles. The molecule has 0 radical (unpaired) electrons. The van der Waals surface area contributed by atoms with Gasteiger partial charge in [0.1, 0.15) is 0 Å². The van der Waals surface area contributed by atoms with E-state index in [1.54, 1.807) is 12.1 Å². The smallest absolute Gasteiger partial charge is 0.328 e. The molecule has 1 heterocycles. The molecule has 2 rings (SSSR count). The van der Waals surface area contributed by atoms with E-state index in [-0.39, 0.29) is 10.9 Å². The first kappa shape index (κ1) is 14.8. The van der Waals surface area contributed by atoms with Crippen LogP contribution in [0.3, 0.4) is 0 Å². The summed E-state index contributed by atoms with van der Waals surface area (Å²) in [7, 11) is -1.85. The van der Waals surface area contributed by atoms with E-state index in [0.717, 1.165) is 25.1 Å². The molecule has 6 nitrogen and oxygen atoms in total. The first-order valence-electron chi connectivity index (χ1n) is 6.45. The monoisotopic (exact) mass is 297 g/mol. The molecular weight excluding hydrogens is 278 g/mol. The lowest BCUT2D eigenvalue weighted by atomic mass is 10.2. The number of nitrogens with zero attached hydrogens (tertiary/aromatic N) is 1. The lowest BCUT2D eigenvalue weighted by Crippen LogP contribution is -2.45. The number of nitrogens with one attached hydrogen (secondary N) is 2. The second kappa shape index (κ2) is 5.80. The zero-order chi connectivity index (χ0) is 14.8. The van der Waals surface area contributed by atoms with Gasteiger partial charge >= 0.3 is 6.03 Å². The minimum absolute atomic E-state index is 0.00628. The molecule has 2 N–H and O–H groups in total. The molecule has 1 fully saturated rings. The summed E-state index contributed by atoms with van der Waals surface area (Å²) >= 11 is 0. The average molecular weight is 297 g/mol. The molecule has 1 aromatic rings. The number of carbonyl (C=O) groups is 1. The van der Waals surface area contributed by atoms with E-state index in [9.17, 15) is 13.2 Å². The van der Waals surface area contributed by atoms with Crippen LogP contribution in [-0.4, -0.2) is 45.5 Å². The quantitative estimate of drug-likeness (QED) is 0.860. The SMILES string of the molecule is Cc1ccc(S(=O)(=O)NC(=O)NC2CCN(C)C2)cc1. The van der Waals surface area contributed by atoms with Crippen LogP contribution in [0.5, 0.6) is 0 Å². The minimum Gasteiger partial charge on any atom is -0.333 e. The van der Waals surface area contributed by atoms with Crippen molar-refractivity contribution in [2.75, 3.05) is 20.1 Å². The van der Waals surface area contributed by atoms with Gasteiger partial charge in [-0.1, -0.05) is 17.7 Å². The average Bonchev–Trinajstić information content (AvgIpc) is 2.74. The van der Waals surface area contributed by atoms with Crippen molar-refractivity contribution in [3.63, 3.8) is 0 Å². The van der Waals surface area contributed by atoms with Gasteiger partial charge in [-0.05, 0) is 39.1 Å². The van der Waals surface area contributed by atoms with Crippen molar-refractivity contribution in [1.29, 1.82) is 0 Å². The predicted octanol–water partition coefficient (Wildman–Crippen LogP) is 0.687. The lowest BCUT2D eigenvalue weighted by molar-refractivity contribution is 0.242. The zero-order valence-electron chi connectivity index (χ0n) is 11.6. The van der Waals surface area contributed by atoms with Gasteiger partial charge < -0.3 is 10.2 Å². The Hall–Kier alpha value is -1.60. The van der Waals surface area contributed by atoms with Crippen LogP contribution in [0.25, 0.3) is 0 Å². The Labute approximate surface area is 119 Å². The van der Waals surface area contributed by atoms with Gasteiger partial charge in [-0.2, -0.15) is 0 Å². The number of amides is 2. The fourth-order valence-corrected chi connectivity index (χ4v) is 3.08. The second-order valence-corrected chi connectivity index (χ2v) is 6.82. The van der Waals surface area contributed by atoms with Crippen molar-refractivity contribution in [3.8, 4) is 0 Å². The van der Waals surface area contributed by atoms with E-state index < -0.39 is 16.1 Å². The molecule has 0 aromatic heterocycles. The molecule has 1 saturated heterocycles. The van der Waals surface area contributed by atoms with Gasteiger partial charge in [-0.3, -0.25) is 0 Å². The van der Waals surface area contributed by atoms with Crippen molar-refractivity contribution in [1.82, 2.24) is 14.9 Å². The third-order valence-electron chi connectivity index (χ3n) is 3.28. The molecule has 1 unspecified atom stereocenters. The van der Waals surface area contributed by atoms with Gasteiger partial charge in [-0.15, -0.1) is 0 Å². The van der Waals surface area contributed by atoms with Gasteiger partial charge in [0.05, 0.1) is 4.90 Å². The van der Waals surface area contributed by atoms with Crippen LogP contribution in [0.1, 0.15) is 12.0 Å². The number of aryl methyl sites for hydroxylation is 1. The second-order valence-electron chi connectivity index (χ2n) is 5.14. The normalized spacial score (nSPS) is 19.8. The summed E-state index contributed by atoms with van der Waals surface area (Å²) in [6.45, 7) is 3.50. The number of urea groups is 1. The van der Waals surface area contributed by atoms with Crippen molar-refractivity contribution < 1.29 is 13.2 Å². The van der Waals surface area contributed by atoms with Gasteiger partial charge in [0.15, 0.2) is 0 Å². The van der Waals surface area contributed by atoms with Gasteiger partial charge in [-0.25, -0.2) is 17.9 Å². The van der Waals surface area contributed by atoms with Crippen LogP contribution in [-0.2, 0) is 10.0 Å². The number of hydrogen-bond acceptors (Lipinski definition) is 4. The Bertz CT molecular complexity index is 583. The summed E-state index contributed by atoms with van der Waals surface area (Å²) in [6, 6.07) is 5.67. The summed E-state index contributed by atoms with van der Waals surface area (Å²) in [4.78, 5) is 13.9. The number of sulfonamides is 1. The molecule has 1 aliphatic heterocycles. The molecule has 1 aliphatic rings. The molecule has 7 heteroatoms. The third-order valence-corrected chi connectivity index (χ3v) is 4.63. The fraction of sp³-hybridized carbons (Fsp3) is 0.462. The number of likely N-dealkylation sites (tertiary alicyclic amines) is 1. The maximum atomic E-state index is 12.0. The largest absolute Gasteiger partial charge is 0.333 e. The summed E-state index contributed by atoms with van der Waals surface area (Å²) in [5, 5.41) is 2.68. The Morgan fingerprint density at radius 3 is 2.50 bits per heavy atom. The van der Waals surface area contributed by atoms with E-state index >= 15 is 0 Å². The number of rotatable bonds is 3. The van der Waals surface area contributed by atoms with Crippen LogP contribution >= 0.6 is 0 Å². The highest BCUT2D eigenvalue weighted by Gasteiger charge is 2.23. The maximum absolute atomic E-state index is 12.0. The molecule has 0 spiro atoms. The van der Waals surface area contributed by atoms with Crippen molar-refractivity contribution >= 4 is 16.1 Å². The number of benzene rings is 1. The van der Waals surface area contributed by atoms with E-state index in [2.05, 4.69) is 10.2 Å². The first-order chi connectivity index (χ1) is 9.37. The summed E-state index contributed by atoms with van der Waals surface area (Å²) in [6.07, 6.45) is 0.828. The van der Waals surface area contributed by atoms with Crippen LogP contribution in [0.2, 0.25) is 0 Å². The van der Waals surface area contributed by atoms with Crippen LogP contribution in [0, 0.1) is 6.92 Å². The number of likely N-dealkylation sites (N-methyl/N-ethyl adjacent to an activating group) is 1. The highest BCUT2D eigenvalue weighted by atomic mass is 32.2. The Morgan fingerprint density at radius 1 is 1.30 bits per heavy atom. The summed E-state index contributed by atoms with van der Waals surface area (Å²) in [5.41, 5.74) is 0.961. The van der Waals surface area contributed by atoms with Crippen molar-refractivity contribution in [3.05, 3.63) is 29.8 Å². The van der Waals surface area contributed by atoms with Gasteiger partial charge in [0, 0.05) is 12.6 Å². The number of carbonyl (C=O) groups excluding carboxylic acids is 1. The summed E-state index contributed by atoms with van der Waals surface area (Å²) in [5.74, 6) is 0. The predicted molar refractivity (Wildman–Crippen MR) is 75.9 cm³/mol. The van der Waals surface area contributed by atoms with Crippen LogP contribution < -0.4 is 10.0 Å². The molecule has 110 valence electrons. The molecule has 0 aliphatic carbocycles. The van der Waals surface area contributed by atoms with Crippen molar-refractivity contribution in [2.24, 2.45) is 0 Å². The maximum Gasteiger partial charge on any atom is 0.328 e. The van der Waals surface area contributed by atoms with Gasteiger partial charge in [0.25, 0.3) is 10.0 Å². The van der Waals surface area contributed by atoms with Crippen LogP contribution in [0.15, 0.2) is 29.2 Å². The first-order valence-corrected chi connectivity index (χ1v) is 7.94. The summed E-state index contributed by atoms with van der Waals surface area (Å²) < 4.78 is 26.1. The number of hydrogen-bond donors (Lipinski definition) is 2. The van der Waals surface area contributed by atoms with Crippen molar-refractivity contribution in [2.45, 2.75) is 24.3 Å². The van der Waals surface area contributed by atoms with E-state index in [1.807, 2.05) is 18.7 Å². The van der Waals surface area contributed by atoms with Gasteiger partial charge in [0.2, 0.25) is 0 Å². The van der Waals surface area contributed by atoms with E-state index in [0.29, 0.717) is 0 Å². The van der Waals surface area contributed by atoms with E-state index in [1.165, 1.54) is 12.1 Å². The molecule has 2 amide bonds. The molecule has 20 heavy (non-hydrogen) atoms.